The van der Waals surface area contributed by atoms with Gasteiger partial charge in [0.25, 0.3) is 0 Å². The fourth-order valence-corrected chi connectivity index (χ4v) is 12.4. The summed E-state index contributed by atoms with van der Waals surface area (Å²) in [5.41, 5.74) is -0.966. The normalized spacial score (nSPS) is 44.4. The van der Waals surface area contributed by atoms with E-state index in [2.05, 4.69) is 6.92 Å². The van der Waals surface area contributed by atoms with E-state index in [0.29, 0.717) is 38.5 Å². The molecule has 0 radical (unpaired) electrons. The molecule has 4 bridgehead atoms. The smallest absolute Gasteiger partial charge is 0.331 e. The van der Waals surface area contributed by atoms with Gasteiger partial charge < -0.3 is 20.4 Å². The second kappa shape index (κ2) is 9.84. The molecule has 4 saturated carbocycles. The number of allylic oxidation sites excluding steroid dienone is 1. The van der Waals surface area contributed by atoms with Gasteiger partial charge in [0.15, 0.2) is 5.78 Å². The highest BCUT2D eigenvalue weighted by atomic mass is 16.4. The molecule has 6 rings (SSSR count). The highest BCUT2D eigenvalue weighted by Gasteiger charge is 2.78. The monoisotopic (exact) mass is 582 g/mol. The van der Waals surface area contributed by atoms with Gasteiger partial charge in [-0.25, -0.2) is 4.79 Å². The topological polar surface area (TPSA) is 132 Å². The molecule has 9 unspecified atom stereocenters. The fourth-order valence-electron chi connectivity index (χ4n) is 12.4. The molecule has 0 aromatic rings. The molecule has 7 heteroatoms. The molecule has 0 amide bonds. The van der Waals surface area contributed by atoms with E-state index in [9.17, 15) is 34.8 Å². The van der Waals surface area contributed by atoms with Crippen LogP contribution in [0.4, 0.5) is 0 Å². The van der Waals surface area contributed by atoms with Crippen molar-refractivity contribution >= 4 is 17.5 Å². The number of carboxylic acids is 1. The zero-order chi connectivity index (χ0) is 30.5. The minimum atomic E-state index is -1.05. The van der Waals surface area contributed by atoms with E-state index in [-0.39, 0.29) is 29.0 Å². The number of aliphatic hydroxyl groups is 3. The SMILES string of the molecule is CC(=CC(O)CC(C)C12CCCC3(C4=C5C(=O)CC13CCCCCC51CCC(=O)C(C)(C)C1CC4O)C(O)C2)C(=O)O. The Kier molecular flexibility index (Phi) is 7.07. The Morgan fingerprint density at radius 2 is 1.74 bits per heavy atom. The van der Waals surface area contributed by atoms with Crippen LogP contribution in [0.3, 0.4) is 0 Å². The van der Waals surface area contributed by atoms with E-state index in [1.165, 1.54) is 13.0 Å². The average molecular weight is 583 g/mol. The first kappa shape index (κ1) is 30.2. The molecule has 42 heavy (non-hydrogen) atoms. The van der Waals surface area contributed by atoms with E-state index in [4.69, 9.17) is 0 Å². The Morgan fingerprint density at radius 3 is 2.45 bits per heavy atom. The Hall–Kier alpha value is -1.83. The van der Waals surface area contributed by atoms with Crippen molar-refractivity contribution in [3.05, 3.63) is 22.8 Å². The maximum absolute atomic E-state index is 14.8. The molecule has 0 aromatic heterocycles. The summed E-state index contributed by atoms with van der Waals surface area (Å²) in [6.07, 6.45) is 8.80. The molecular formula is C35H50O7. The highest BCUT2D eigenvalue weighted by Crippen LogP contribution is 2.81. The summed E-state index contributed by atoms with van der Waals surface area (Å²) in [5.74, 6) is -0.876. The molecular weight excluding hydrogens is 532 g/mol. The molecule has 7 nitrogen and oxygen atoms in total. The standard InChI is InChI=1S/C35H50O7/c1-20(30(41)42)15-22(36)16-21(2)33-11-8-13-35(27(40)19-33)29-23(37)17-25-31(3,4)26(39)9-14-32(25)10-6-5-7-12-34(33,35)18-24(38)28(29)32/h15,21-23,25,27,36-37,40H,5-14,16-19H2,1-4H3,(H,41,42). The number of hydrogen-bond acceptors (Lipinski definition) is 6. The van der Waals surface area contributed by atoms with Gasteiger partial charge in [-0.05, 0) is 92.6 Å². The average Bonchev–Trinajstić information content (AvgIpc) is 3.01. The van der Waals surface area contributed by atoms with Crippen LogP contribution in [0.1, 0.15) is 118 Å². The van der Waals surface area contributed by atoms with Crippen LogP contribution in [0.2, 0.25) is 0 Å². The first-order valence-corrected chi connectivity index (χ1v) is 16.5. The summed E-state index contributed by atoms with van der Waals surface area (Å²) in [4.78, 5) is 39.5. The number of Topliss-reactive ketones (excluding diaryl/α,β-unsaturated/α-hetero) is 2. The van der Waals surface area contributed by atoms with Gasteiger partial charge in [-0.3, -0.25) is 9.59 Å². The van der Waals surface area contributed by atoms with Crippen LogP contribution in [-0.4, -0.2) is 56.3 Å². The summed E-state index contributed by atoms with van der Waals surface area (Å²) in [7, 11) is 0. The van der Waals surface area contributed by atoms with Crippen LogP contribution in [0.15, 0.2) is 22.8 Å². The third-order valence-electron chi connectivity index (χ3n) is 14.0. The van der Waals surface area contributed by atoms with Crippen molar-refractivity contribution < 1.29 is 34.8 Å². The minimum absolute atomic E-state index is 0.0614. The molecule has 6 aliphatic carbocycles. The summed E-state index contributed by atoms with van der Waals surface area (Å²) in [6.45, 7) is 7.63. The van der Waals surface area contributed by atoms with Crippen molar-refractivity contribution in [3.8, 4) is 0 Å². The largest absolute Gasteiger partial charge is 0.478 e. The van der Waals surface area contributed by atoms with E-state index >= 15 is 0 Å². The van der Waals surface area contributed by atoms with Crippen molar-refractivity contribution in [1.29, 1.82) is 0 Å². The molecule has 0 aromatic carbocycles. The van der Waals surface area contributed by atoms with E-state index in [1.54, 1.807) is 0 Å². The summed E-state index contributed by atoms with van der Waals surface area (Å²) < 4.78 is 0. The molecule has 0 saturated heterocycles. The predicted octanol–water partition coefficient (Wildman–Crippen LogP) is 5.30. The van der Waals surface area contributed by atoms with Crippen LogP contribution in [0.5, 0.6) is 0 Å². The third-order valence-corrected chi connectivity index (χ3v) is 14.0. The first-order chi connectivity index (χ1) is 19.7. The van der Waals surface area contributed by atoms with Crippen LogP contribution in [0.25, 0.3) is 0 Å². The van der Waals surface area contributed by atoms with Gasteiger partial charge in [-0.2, -0.15) is 0 Å². The van der Waals surface area contributed by atoms with Crippen molar-refractivity contribution in [2.75, 3.05) is 0 Å². The Bertz CT molecular complexity index is 1260. The molecule has 9 atom stereocenters. The summed E-state index contributed by atoms with van der Waals surface area (Å²) >= 11 is 0. The van der Waals surface area contributed by atoms with Gasteiger partial charge in [0.1, 0.15) is 5.78 Å². The molecule has 232 valence electrons. The van der Waals surface area contributed by atoms with Crippen molar-refractivity contribution in [1.82, 2.24) is 0 Å². The highest BCUT2D eigenvalue weighted by molar-refractivity contribution is 6.01. The van der Waals surface area contributed by atoms with Crippen LogP contribution < -0.4 is 0 Å². The Morgan fingerprint density at radius 1 is 1.02 bits per heavy atom. The molecule has 0 heterocycles. The second-order valence-electron chi connectivity index (χ2n) is 15.7. The number of carbonyl (C=O) groups is 3. The Labute approximate surface area is 249 Å². The van der Waals surface area contributed by atoms with Crippen LogP contribution in [-0.2, 0) is 14.4 Å². The number of aliphatic hydroxyl groups excluding tert-OH is 3. The predicted molar refractivity (Wildman–Crippen MR) is 157 cm³/mol. The number of carboxylic acid groups (broad SMARTS) is 1. The number of hydrogen-bond donors (Lipinski definition) is 4. The first-order valence-electron chi connectivity index (χ1n) is 16.5. The van der Waals surface area contributed by atoms with Gasteiger partial charge in [0.2, 0.25) is 0 Å². The molecule has 4 N–H and O–H groups in total. The second-order valence-corrected chi connectivity index (χ2v) is 15.7. The lowest BCUT2D eigenvalue weighted by atomic mass is 9.36. The van der Waals surface area contributed by atoms with Gasteiger partial charge in [-0.15, -0.1) is 0 Å². The zero-order valence-electron chi connectivity index (χ0n) is 25.9. The van der Waals surface area contributed by atoms with E-state index < -0.39 is 51.4 Å². The lowest BCUT2D eigenvalue weighted by Gasteiger charge is -2.67. The molecule has 4 fully saturated rings. The maximum Gasteiger partial charge on any atom is 0.331 e. The quantitative estimate of drug-likeness (QED) is 0.323. The van der Waals surface area contributed by atoms with Crippen LogP contribution in [0, 0.1) is 38.9 Å². The maximum atomic E-state index is 14.8. The number of rotatable bonds is 5. The lowest BCUT2D eigenvalue weighted by Crippen LogP contribution is -2.65. The minimum Gasteiger partial charge on any atom is -0.478 e. The summed E-state index contributed by atoms with van der Waals surface area (Å²) in [6, 6.07) is 0. The molecule has 6 aliphatic rings. The van der Waals surface area contributed by atoms with E-state index in [1.807, 2.05) is 13.8 Å². The van der Waals surface area contributed by atoms with Gasteiger partial charge in [-0.1, -0.05) is 46.5 Å². The molecule has 2 spiro atoms. The molecule has 0 aliphatic heterocycles. The number of ketones is 2. The zero-order valence-corrected chi connectivity index (χ0v) is 25.9. The van der Waals surface area contributed by atoms with Crippen molar-refractivity contribution in [2.24, 2.45) is 38.9 Å². The third kappa shape index (κ3) is 3.65. The fraction of sp³-hybridized carbons (Fsp3) is 0.800. The van der Waals surface area contributed by atoms with Crippen LogP contribution >= 0.6 is 0 Å². The van der Waals surface area contributed by atoms with Gasteiger partial charge in [0, 0.05) is 40.2 Å². The number of carbonyl (C=O) groups excluding carboxylic acids is 2. The Balaban J connectivity index is 1.54. The van der Waals surface area contributed by atoms with Gasteiger partial charge in [0.05, 0.1) is 18.3 Å². The van der Waals surface area contributed by atoms with Gasteiger partial charge >= 0.3 is 5.97 Å². The number of fused-ring (bicyclic) bond motifs is 1. The summed E-state index contributed by atoms with van der Waals surface area (Å²) in [5, 5.41) is 44.8. The lowest BCUT2D eigenvalue weighted by molar-refractivity contribution is -0.164. The van der Waals surface area contributed by atoms with E-state index in [0.717, 1.165) is 62.5 Å². The van der Waals surface area contributed by atoms with Crippen molar-refractivity contribution in [2.45, 2.75) is 136 Å². The number of aliphatic carboxylic acids is 1. The van der Waals surface area contributed by atoms with Crippen molar-refractivity contribution in [3.63, 3.8) is 0 Å².